The number of nitrogens with two attached hydrogens (primary N) is 1. The van der Waals surface area contributed by atoms with Gasteiger partial charge in [0.25, 0.3) is 0 Å². The summed E-state index contributed by atoms with van der Waals surface area (Å²) in [7, 11) is 0. The highest BCUT2D eigenvalue weighted by molar-refractivity contribution is 5.98. The third-order valence-corrected chi connectivity index (χ3v) is 4.01. The number of amidine groups is 1. The molecule has 2 rings (SSSR count). The smallest absolute Gasteiger partial charge is 0.170 e. The second-order valence-electron chi connectivity index (χ2n) is 5.98. The Bertz CT molecular complexity index is 690. The lowest BCUT2D eigenvalue weighted by Gasteiger charge is -2.08. The molecule has 27 heavy (non-hydrogen) atoms. The van der Waals surface area contributed by atoms with Crippen molar-refractivity contribution >= 4 is 11.5 Å². The van der Waals surface area contributed by atoms with Crippen LogP contribution < -0.4 is 15.2 Å². The summed E-state index contributed by atoms with van der Waals surface area (Å²) < 4.78 is 11.4. The van der Waals surface area contributed by atoms with E-state index in [1.165, 1.54) is 0 Å². The Kier molecular flexibility index (Phi) is 7.96. The lowest BCUT2D eigenvalue weighted by molar-refractivity contribution is 0.279. The predicted molar refractivity (Wildman–Crippen MR) is 104 cm³/mol. The van der Waals surface area contributed by atoms with Crippen molar-refractivity contribution in [2.24, 2.45) is 16.0 Å². The molecule has 0 aliphatic heterocycles. The third kappa shape index (κ3) is 6.54. The zero-order valence-electron chi connectivity index (χ0n) is 15.3. The fraction of sp³-hybridized carbons (Fsp3) is 0.300. The van der Waals surface area contributed by atoms with Gasteiger partial charge < -0.3 is 25.6 Å². The van der Waals surface area contributed by atoms with Gasteiger partial charge in [0.15, 0.2) is 5.84 Å². The van der Waals surface area contributed by atoms with Crippen LogP contribution in [0.3, 0.4) is 0 Å². The van der Waals surface area contributed by atoms with E-state index in [1.54, 1.807) is 31.2 Å². The summed E-state index contributed by atoms with van der Waals surface area (Å²) in [5.74, 6) is 1.63. The van der Waals surface area contributed by atoms with Gasteiger partial charge in [-0.1, -0.05) is 10.3 Å². The Morgan fingerprint density at radius 1 is 0.778 bits per heavy atom. The van der Waals surface area contributed by atoms with Crippen LogP contribution in [-0.2, 0) is 0 Å². The Morgan fingerprint density at radius 3 is 1.70 bits per heavy atom. The number of hydrogen-bond donors (Lipinski definition) is 3. The third-order valence-electron chi connectivity index (χ3n) is 4.01. The monoisotopic (exact) mass is 371 g/mol. The predicted octanol–water partition coefficient (Wildman–Crippen LogP) is 3.61. The maximum atomic E-state index is 8.75. The van der Waals surface area contributed by atoms with Gasteiger partial charge in [-0.25, -0.2) is 0 Å². The van der Waals surface area contributed by atoms with Crippen LogP contribution >= 0.6 is 0 Å². The molecule has 0 heterocycles. The van der Waals surface area contributed by atoms with Crippen molar-refractivity contribution in [3.05, 3.63) is 59.7 Å². The molecule has 0 bridgehead atoms. The highest BCUT2D eigenvalue weighted by Gasteiger charge is 2.01. The van der Waals surface area contributed by atoms with E-state index in [9.17, 15) is 0 Å². The molecule has 0 fully saturated rings. The lowest BCUT2D eigenvalue weighted by atomic mass is 10.1. The molecule has 2 aromatic rings. The van der Waals surface area contributed by atoms with Crippen molar-refractivity contribution in [1.82, 2.24) is 0 Å². The Labute approximate surface area is 158 Å². The van der Waals surface area contributed by atoms with Gasteiger partial charge in [-0.3, -0.25) is 0 Å². The summed E-state index contributed by atoms with van der Waals surface area (Å²) in [6, 6.07) is 14.5. The van der Waals surface area contributed by atoms with Crippen molar-refractivity contribution in [3.8, 4) is 11.5 Å². The molecule has 0 amide bonds. The molecule has 144 valence electrons. The standard InChI is InChI=1S/C20H25N3O4/c1-15(22-24)16-5-9-18(10-6-16)26-13-3-2-4-14-27-19-11-7-17(8-12-19)20(21)23-25/h5-12,24-25H,2-4,13-14H2,1H3,(H2,21,23). The highest BCUT2D eigenvalue weighted by atomic mass is 16.5. The van der Waals surface area contributed by atoms with E-state index in [4.69, 9.17) is 25.6 Å². The summed E-state index contributed by atoms with van der Waals surface area (Å²) >= 11 is 0. The van der Waals surface area contributed by atoms with Crippen LogP contribution in [0.5, 0.6) is 11.5 Å². The summed E-state index contributed by atoms with van der Waals surface area (Å²) in [4.78, 5) is 0. The van der Waals surface area contributed by atoms with Crippen LogP contribution in [-0.4, -0.2) is 35.2 Å². The summed E-state index contributed by atoms with van der Waals surface area (Å²) in [6.45, 7) is 3.00. The van der Waals surface area contributed by atoms with Gasteiger partial charge in [-0.15, -0.1) is 0 Å². The number of unbranched alkanes of at least 4 members (excludes halogenated alkanes) is 2. The maximum absolute atomic E-state index is 8.75. The normalized spacial score (nSPS) is 12.0. The molecular formula is C20H25N3O4. The molecule has 2 aromatic carbocycles. The van der Waals surface area contributed by atoms with E-state index in [-0.39, 0.29) is 5.84 Å². The molecule has 0 aliphatic carbocycles. The van der Waals surface area contributed by atoms with Crippen LogP contribution in [0.15, 0.2) is 58.8 Å². The second-order valence-corrected chi connectivity index (χ2v) is 5.98. The van der Waals surface area contributed by atoms with Crippen molar-refractivity contribution in [2.75, 3.05) is 13.2 Å². The molecule has 0 saturated heterocycles. The van der Waals surface area contributed by atoms with E-state index >= 15 is 0 Å². The SMILES string of the molecule is CC(=NO)c1ccc(OCCCCCOc2ccc(C(N)=NO)cc2)cc1. The van der Waals surface area contributed by atoms with Gasteiger partial charge in [0.05, 0.1) is 18.9 Å². The van der Waals surface area contributed by atoms with E-state index < -0.39 is 0 Å². The Hall–Kier alpha value is -3.22. The molecule has 0 saturated carbocycles. The molecule has 7 heteroatoms. The van der Waals surface area contributed by atoms with Gasteiger partial charge in [0.2, 0.25) is 0 Å². The van der Waals surface area contributed by atoms with Crippen LogP contribution in [0.2, 0.25) is 0 Å². The van der Waals surface area contributed by atoms with E-state index in [0.717, 1.165) is 36.3 Å². The first-order valence-electron chi connectivity index (χ1n) is 8.76. The van der Waals surface area contributed by atoms with Crippen LogP contribution in [0.4, 0.5) is 0 Å². The molecule has 0 unspecified atom stereocenters. The summed E-state index contributed by atoms with van der Waals surface area (Å²) in [6.07, 6.45) is 2.86. The average Bonchev–Trinajstić information content (AvgIpc) is 2.72. The largest absolute Gasteiger partial charge is 0.494 e. The first-order chi connectivity index (χ1) is 13.1. The Balaban J connectivity index is 1.59. The second kappa shape index (κ2) is 10.7. The van der Waals surface area contributed by atoms with E-state index in [1.807, 2.05) is 24.3 Å². The quantitative estimate of drug-likeness (QED) is 0.194. The van der Waals surface area contributed by atoms with E-state index in [2.05, 4.69) is 10.3 Å². The van der Waals surface area contributed by atoms with Crippen LogP contribution in [0.25, 0.3) is 0 Å². The highest BCUT2D eigenvalue weighted by Crippen LogP contribution is 2.15. The number of oxime groups is 2. The molecule has 0 spiro atoms. The van der Waals surface area contributed by atoms with Crippen molar-refractivity contribution in [2.45, 2.75) is 26.2 Å². The number of ether oxygens (including phenoxy) is 2. The Morgan fingerprint density at radius 2 is 1.26 bits per heavy atom. The van der Waals surface area contributed by atoms with E-state index in [0.29, 0.717) is 24.5 Å². The van der Waals surface area contributed by atoms with Gasteiger partial charge in [0.1, 0.15) is 11.5 Å². The molecular weight excluding hydrogens is 346 g/mol. The number of rotatable bonds is 10. The number of benzene rings is 2. The number of hydrogen-bond acceptors (Lipinski definition) is 6. The van der Waals surface area contributed by atoms with Crippen LogP contribution in [0.1, 0.15) is 37.3 Å². The number of nitrogens with zero attached hydrogens (tertiary/aromatic N) is 2. The molecule has 0 atom stereocenters. The van der Waals surface area contributed by atoms with Gasteiger partial charge in [-0.2, -0.15) is 0 Å². The van der Waals surface area contributed by atoms with Crippen molar-refractivity contribution in [1.29, 1.82) is 0 Å². The van der Waals surface area contributed by atoms with Crippen LogP contribution in [0, 0.1) is 0 Å². The first-order valence-corrected chi connectivity index (χ1v) is 8.76. The topological polar surface area (TPSA) is 110 Å². The van der Waals surface area contributed by atoms with Crippen molar-refractivity contribution < 1.29 is 19.9 Å². The fourth-order valence-electron chi connectivity index (χ4n) is 2.39. The fourth-order valence-corrected chi connectivity index (χ4v) is 2.39. The summed E-state index contributed by atoms with van der Waals surface area (Å²) in [5, 5.41) is 23.5. The first kappa shape index (κ1) is 20.1. The van der Waals surface area contributed by atoms with Crippen molar-refractivity contribution in [3.63, 3.8) is 0 Å². The molecule has 0 radical (unpaired) electrons. The molecule has 7 nitrogen and oxygen atoms in total. The zero-order chi connectivity index (χ0) is 19.5. The molecule has 0 aliphatic rings. The molecule has 4 N–H and O–H groups in total. The lowest BCUT2D eigenvalue weighted by Crippen LogP contribution is -2.12. The van der Waals surface area contributed by atoms with Gasteiger partial charge in [-0.05, 0) is 80.3 Å². The maximum Gasteiger partial charge on any atom is 0.170 e. The minimum Gasteiger partial charge on any atom is -0.494 e. The summed E-state index contributed by atoms with van der Waals surface area (Å²) in [5.41, 5.74) is 7.59. The average molecular weight is 371 g/mol. The van der Waals surface area contributed by atoms with Gasteiger partial charge >= 0.3 is 0 Å². The minimum absolute atomic E-state index is 0.0767. The zero-order valence-corrected chi connectivity index (χ0v) is 15.3. The molecule has 0 aromatic heterocycles. The minimum atomic E-state index is 0.0767. The van der Waals surface area contributed by atoms with Gasteiger partial charge in [0, 0.05) is 5.56 Å².